The average Bonchev–Trinajstić information content (AvgIpc) is 3.53. The number of benzene rings is 3. The number of carbonyl (C=O) groups is 1. The Morgan fingerprint density at radius 3 is 2.33 bits per heavy atom. The highest BCUT2D eigenvalue weighted by molar-refractivity contribution is 7.90. The molecule has 0 amide bonds. The van der Waals surface area contributed by atoms with Crippen LogP contribution in [0.25, 0.3) is 27.4 Å². The Labute approximate surface area is 232 Å². The first-order valence-electron chi connectivity index (χ1n) is 12.1. The number of aromatic nitrogens is 1. The summed E-state index contributed by atoms with van der Waals surface area (Å²) in [5.41, 5.74) is 1.27. The molecule has 10 heteroatoms. The van der Waals surface area contributed by atoms with Gasteiger partial charge in [-0.05, 0) is 65.7 Å². The van der Waals surface area contributed by atoms with Gasteiger partial charge < -0.3 is 5.11 Å². The van der Waals surface area contributed by atoms with Gasteiger partial charge in [0.1, 0.15) is 0 Å². The zero-order chi connectivity index (χ0) is 28.5. The fourth-order valence-electron chi connectivity index (χ4n) is 4.41. The first-order valence-corrected chi connectivity index (χ1v) is 14.5. The molecule has 0 atom stereocenters. The van der Waals surface area contributed by atoms with Crippen LogP contribution >= 0.6 is 11.3 Å². The maximum absolute atomic E-state index is 13.6. The standard InChI is InChI=1S/C30H22F3NO4S2/c31-30(32,33)24-12-14-27-23(18-24)19-25(17-20-8-10-22(11-9-20)29(35)36)34(27)40(37,38)16-4-7-26-13-15-28(39-26)21-5-2-1-3-6-21/h1-15,18-19H,16-17H2,(H,35,36). The van der Waals surface area contributed by atoms with E-state index in [2.05, 4.69) is 0 Å². The van der Waals surface area contributed by atoms with E-state index in [1.807, 2.05) is 42.5 Å². The molecule has 5 rings (SSSR count). The molecule has 1 N–H and O–H groups in total. The van der Waals surface area contributed by atoms with Gasteiger partial charge >= 0.3 is 12.1 Å². The Bertz CT molecular complexity index is 1820. The van der Waals surface area contributed by atoms with Crippen molar-refractivity contribution in [2.45, 2.75) is 12.6 Å². The van der Waals surface area contributed by atoms with E-state index in [0.717, 1.165) is 31.4 Å². The number of alkyl halides is 3. The fraction of sp³-hybridized carbons (Fsp3) is 0.100. The van der Waals surface area contributed by atoms with Gasteiger partial charge in [-0.25, -0.2) is 17.2 Å². The van der Waals surface area contributed by atoms with E-state index >= 15 is 0 Å². The van der Waals surface area contributed by atoms with E-state index in [-0.39, 0.29) is 34.3 Å². The molecule has 0 aliphatic heterocycles. The van der Waals surface area contributed by atoms with Crippen LogP contribution in [-0.4, -0.2) is 29.2 Å². The lowest BCUT2D eigenvalue weighted by atomic mass is 10.1. The SMILES string of the molecule is O=C(O)c1ccc(Cc2cc3cc(C(F)(F)F)ccc3n2S(=O)(=O)CC=Cc2ccc(-c3ccccc3)s2)cc1. The summed E-state index contributed by atoms with van der Waals surface area (Å²) < 4.78 is 68.3. The van der Waals surface area contributed by atoms with Crippen molar-refractivity contribution in [3.8, 4) is 10.4 Å². The van der Waals surface area contributed by atoms with Gasteiger partial charge in [-0.3, -0.25) is 0 Å². The lowest BCUT2D eigenvalue weighted by Gasteiger charge is -2.12. The molecule has 5 nitrogen and oxygen atoms in total. The molecule has 0 fully saturated rings. The van der Waals surface area contributed by atoms with Crippen LogP contribution in [0.1, 0.15) is 32.1 Å². The summed E-state index contributed by atoms with van der Waals surface area (Å²) in [6.07, 6.45) is -1.27. The summed E-state index contributed by atoms with van der Waals surface area (Å²) in [5.74, 6) is -1.47. The van der Waals surface area contributed by atoms with Crippen molar-refractivity contribution in [3.63, 3.8) is 0 Å². The molecule has 0 saturated carbocycles. The highest BCUT2D eigenvalue weighted by Crippen LogP contribution is 2.34. The van der Waals surface area contributed by atoms with E-state index < -0.39 is 27.7 Å². The van der Waals surface area contributed by atoms with Crippen LogP contribution in [0.3, 0.4) is 0 Å². The van der Waals surface area contributed by atoms with E-state index in [4.69, 9.17) is 5.11 Å². The second kappa shape index (κ2) is 10.8. The summed E-state index contributed by atoms with van der Waals surface area (Å²) in [6, 6.07) is 23.9. The molecule has 0 aliphatic rings. The molecular formula is C30H22F3NO4S2. The number of thiophene rings is 1. The predicted molar refractivity (Wildman–Crippen MR) is 151 cm³/mol. The predicted octanol–water partition coefficient (Wildman–Crippen LogP) is 7.57. The number of hydrogen-bond acceptors (Lipinski definition) is 4. The van der Waals surface area contributed by atoms with Crippen LogP contribution in [0.5, 0.6) is 0 Å². The first-order chi connectivity index (χ1) is 19.0. The Morgan fingerprint density at radius 2 is 1.65 bits per heavy atom. The molecule has 3 aromatic carbocycles. The van der Waals surface area contributed by atoms with Gasteiger partial charge in [0, 0.05) is 27.3 Å². The number of nitrogens with zero attached hydrogens (tertiary/aromatic N) is 1. The number of carboxylic acid groups (broad SMARTS) is 1. The summed E-state index contributed by atoms with van der Waals surface area (Å²) in [4.78, 5) is 13.1. The lowest BCUT2D eigenvalue weighted by Crippen LogP contribution is -2.18. The summed E-state index contributed by atoms with van der Waals surface area (Å²) >= 11 is 1.51. The second-order valence-corrected chi connectivity index (χ2v) is 12.1. The minimum absolute atomic E-state index is 0.0703. The molecule has 0 unspecified atom stereocenters. The van der Waals surface area contributed by atoms with Crippen LogP contribution < -0.4 is 0 Å². The maximum Gasteiger partial charge on any atom is 0.416 e. The van der Waals surface area contributed by atoms with Crippen LogP contribution in [0.15, 0.2) is 97.1 Å². The second-order valence-electron chi connectivity index (χ2n) is 9.10. The molecule has 2 aromatic heterocycles. The third kappa shape index (κ3) is 5.88. The van der Waals surface area contributed by atoms with Crippen molar-refractivity contribution in [3.05, 3.63) is 124 Å². The smallest absolute Gasteiger partial charge is 0.416 e. The molecule has 5 aromatic rings. The number of hydrogen-bond donors (Lipinski definition) is 1. The third-order valence-corrected chi connectivity index (χ3v) is 9.00. The van der Waals surface area contributed by atoms with E-state index in [1.54, 1.807) is 18.2 Å². The molecular weight excluding hydrogens is 559 g/mol. The van der Waals surface area contributed by atoms with Crippen molar-refractivity contribution in [2.24, 2.45) is 0 Å². The first kappa shape index (κ1) is 27.4. The number of rotatable bonds is 8. The summed E-state index contributed by atoms with van der Waals surface area (Å²) in [5, 5.41) is 9.29. The summed E-state index contributed by atoms with van der Waals surface area (Å²) in [6.45, 7) is 0. The largest absolute Gasteiger partial charge is 0.478 e. The zero-order valence-electron chi connectivity index (χ0n) is 20.8. The zero-order valence-corrected chi connectivity index (χ0v) is 22.4. The van der Waals surface area contributed by atoms with Crippen LogP contribution in [-0.2, 0) is 22.6 Å². The number of halogens is 3. The maximum atomic E-state index is 13.6. The van der Waals surface area contributed by atoms with Gasteiger partial charge in [-0.2, -0.15) is 13.2 Å². The number of fused-ring (bicyclic) bond motifs is 1. The van der Waals surface area contributed by atoms with Crippen LogP contribution in [0, 0.1) is 0 Å². The molecule has 0 aliphatic carbocycles. The van der Waals surface area contributed by atoms with Gasteiger partial charge in [-0.1, -0.05) is 48.5 Å². The van der Waals surface area contributed by atoms with Crippen LogP contribution in [0.4, 0.5) is 13.2 Å². The van der Waals surface area contributed by atoms with Crippen molar-refractivity contribution < 1.29 is 31.5 Å². The quantitative estimate of drug-likeness (QED) is 0.205. The lowest BCUT2D eigenvalue weighted by molar-refractivity contribution is -0.137. The molecule has 0 bridgehead atoms. The topological polar surface area (TPSA) is 76.4 Å². The Balaban J connectivity index is 1.48. The Hall–Kier alpha value is -4.15. The number of aromatic carboxylic acids is 1. The number of carboxylic acids is 1. The normalized spacial score (nSPS) is 12.4. The van der Waals surface area contributed by atoms with Crippen molar-refractivity contribution >= 4 is 44.3 Å². The van der Waals surface area contributed by atoms with E-state index in [1.165, 1.54) is 41.7 Å². The highest BCUT2D eigenvalue weighted by Gasteiger charge is 2.31. The van der Waals surface area contributed by atoms with Crippen LogP contribution in [0.2, 0.25) is 0 Å². The minimum atomic E-state index is -4.58. The summed E-state index contributed by atoms with van der Waals surface area (Å²) in [7, 11) is -4.02. The Morgan fingerprint density at radius 1 is 0.925 bits per heavy atom. The molecule has 2 heterocycles. The van der Waals surface area contributed by atoms with Gasteiger partial charge in [0.25, 0.3) is 0 Å². The third-order valence-electron chi connectivity index (χ3n) is 6.29. The van der Waals surface area contributed by atoms with E-state index in [9.17, 15) is 26.4 Å². The van der Waals surface area contributed by atoms with Gasteiger partial charge in [0.2, 0.25) is 10.0 Å². The van der Waals surface area contributed by atoms with Crippen molar-refractivity contribution in [1.29, 1.82) is 0 Å². The van der Waals surface area contributed by atoms with Gasteiger partial charge in [0.15, 0.2) is 0 Å². The highest BCUT2D eigenvalue weighted by atomic mass is 32.2. The monoisotopic (exact) mass is 581 g/mol. The van der Waals surface area contributed by atoms with Crippen molar-refractivity contribution in [1.82, 2.24) is 3.97 Å². The molecule has 0 saturated heterocycles. The Kier molecular flexibility index (Phi) is 7.39. The molecule has 0 radical (unpaired) electrons. The molecule has 40 heavy (non-hydrogen) atoms. The van der Waals surface area contributed by atoms with Crippen molar-refractivity contribution in [2.75, 3.05) is 5.75 Å². The van der Waals surface area contributed by atoms with E-state index in [0.29, 0.717) is 5.56 Å². The minimum Gasteiger partial charge on any atom is -0.478 e. The fourth-order valence-corrected chi connectivity index (χ4v) is 6.78. The van der Waals surface area contributed by atoms with Gasteiger partial charge in [0.05, 0.1) is 22.4 Å². The molecule has 204 valence electrons. The average molecular weight is 582 g/mol. The molecule has 0 spiro atoms. The van der Waals surface area contributed by atoms with Gasteiger partial charge in [-0.15, -0.1) is 11.3 Å².